The van der Waals surface area contributed by atoms with Crippen LogP contribution in [0.1, 0.15) is 61.8 Å². The molecule has 4 aromatic carbocycles. The number of nitrogens with one attached hydrogen (secondary N) is 4. The molecule has 2 heterocycles. The predicted octanol–water partition coefficient (Wildman–Crippen LogP) is 5.82. The number of amides is 6. The number of likely N-dealkylation sites (N-methyl/N-ethyl adjacent to an activating group) is 2. The zero-order chi connectivity index (χ0) is 58.0. The average Bonchev–Trinajstić information content (AvgIpc) is 4.16. The van der Waals surface area contributed by atoms with Gasteiger partial charge in [-0.05, 0) is 99.8 Å². The zero-order valence-electron chi connectivity index (χ0n) is 45.5. The van der Waals surface area contributed by atoms with Gasteiger partial charge in [-0.1, -0.05) is 109 Å². The Morgan fingerprint density at radius 3 is 1.21 bits per heavy atom. The SMILES string of the molecule is CN[C@@H](C)C(=O)N[C@@H](COCc1ccc(-c2ccc(COC[C@H](NC(=O)[C@@H](C)NC)C(=O)N3CCC[C@H]3CN(CCc3ccccc3)C(=O)C(F)(F)F)cc2)cc1)C(=O)N1CCC[C@H]1CN(CCc1ccccc1)C(=O)C(F)(F)F. The van der Waals surface area contributed by atoms with Gasteiger partial charge >= 0.3 is 24.2 Å². The van der Waals surface area contributed by atoms with Gasteiger partial charge in [-0.3, -0.25) is 28.8 Å². The molecule has 2 aliphatic rings. The number of rotatable bonds is 27. The van der Waals surface area contributed by atoms with Crippen LogP contribution in [0.5, 0.6) is 0 Å². The van der Waals surface area contributed by atoms with E-state index in [4.69, 9.17) is 9.47 Å². The molecule has 6 rings (SSSR count). The van der Waals surface area contributed by atoms with Crippen LogP contribution in [0.25, 0.3) is 11.1 Å². The highest BCUT2D eigenvalue weighted by molar-refractivity contribution is 5.91. The average molecular weight is 1120 g/mol. The molecule has 0 aromatic heterocycles. The molecule has 0 aliphatic carbocycles. The number of nitrogens with zero attached hydrogens (tertiary/aromatic N) is 4. The fourth-order valence-corrected chi connectivity index (χ4v) is 9.65. The van der Waals surface area contributed by atoms with Crippen LogP contribution in [0.4, 0.5) is 26.3 Å². The first-order valence-corrected chi connectivity index (χ1v) is 26.9. The summed E-state index contributed by atoms with van der Waals surface area (Å²) in [4.78, 5) is 84.2. The molecule has 0 saturated carbocycles. The third-order valence-corrected chi connectivity index (χ3v) is 14.5. The smallest absolute Gasteiger partial charge is 0.374 e. The molecule has 2 aliphatic heterocycles. The number of carbonyl (C=O) groups excluding carboxylic acids is 6. The Bertz CT molecular complexity index is 2470. The first kappa shape index (κ1) is 62.3. The van der Waals surface area contributed by atoms with E-state index in [-0.39, 0.29) is 78.5 Å². The Labute approximate surface area is 462 Å². The van der Waals surface area contributed by atoms with Gasteiger partial charge in [0.15, 0.2) is 0 Å². The summed E-state index contributed by atoms with van der Waals surface area (Å²) in [6.45, 7) is 2.20. The summed E-state index contributed by atoms with van der Waals surface area (Å²) in [7, 11) is 3.17. The highest BCUT2D eigenvalue weighted by atomic mass is 19.4. The standard InChI is InChI=1S/C58H72F6N8O8/c1-39(65-3)51(73)67-49(53(75)71-29-11-17-47(71)33-69(55(77)57(59,60)61)31-27-41-13-7-5-8-14-41)37-79-35-43-19-23-45(24-20-43)46-25-21-44(22-26-46)36-80-38-50(68-52(74)40(2)66-4)54(76)72-30-12-18-48(72)34-70(56(78)58(62,63)64)32-28-42-15-9-6-10-16-42/h5-10,13-16,19-26,39-40,47-50,65-66H,11-12,17-18,27-38H2,1-4H3,(H,67,73)(H,68,74)/t39-,40+,47-,48-,49-,50-/m0/s1. The zero-order valence-corrected chi connectivity index (χ0v) is 45.5. The van der Waals surface area contributed by atoms with Crippen molar-refractivity contribution in [3.63, 3.8) is 0 Å². The molecule has 2 saturated heterocycles. The lowest BCUT2D eigenvalue weighted by Gasteiger charge is -2.33. The van der Waals surface area contributed by atoms with Gasteiger partial charge in [0, 0.05) is 51.4 Å². The fourth-order valence-electron chi connectivity index (χ4n) is 9.65. The van der Waals surface area contributed by atoms with Gasteiger partial charge in [0.25, 0.3) is 0 Å². The van der Waals surface area contributed by atoms with E-state index >= 15 is 0 Å². The summed E-state index contributed by atoms with van der Waals surface area (Å²) in [5.41, 5.74) is 4.71. The van der Waals surface area contributed by atoms with Crippen molar-refractivity contribution >= 4 is 35.4 Å². The van der Waals surface area contributed by atoms with Crippen molar-refractivity contribution < 1.29 is 64.6 Å². The predicted molar refractivity (Wildman–Crippen MR) is 287 cm³/mol. The monoisotopic (exact) mass is 1120 g/mol. The summed E-state index contributed by atoms with van der Waals surface area (Å²) in [5.74, 6) is -6.00. The van der Waals surface area contributed by atoms with E-state index in [1.165, 1.54) is 9.80 Å². The van der Waals surface area contributed by atoms with Crippen LogP contribution in [0.2, 0.25) is 0 Å². The van der Waals surface area contributed by atoms with Gasteiger partial charge in [-0.25, -0.2) is 0 Å². The van der Waals surface area contributed by atoms with Gasteiger partial charge in [0.05, 0.1) is 38.5 Å². The normalized spacial score (nSPS) is 17.1. The molecule has 0 radical (unpaired) electrons. The van der Waals surface area contributed by atoms with Crippen LogP contribution in [-0.4, -0.2) is 170 Å². The molecule has 2 fully saturated rings. The maximum absolute atomic E-state index is 14.2. The van der Waals surface area contributed by atoms with E-state index in [1.807, 2.05) is 48.5 Å². The molecule has 16 nitrogen and oxygen atoms in total. The second kappa shape index (κ2) is 29.5. The molecular formula is C58H72F6N8O8. The lowest BCUT2D eigenvalue weighted by Crippen LogP contribution is -2.57. The molecule has 434 valence electrons. The van der Waals surface area contributed by atoms with Crippen molar-refractivity contribution in [3.8, 4) is 11.1 Å². The minimum atomic E-state index is -5.11. The third kappa shape index (κ3) is 18.1. The Kier molecular flexibility index (Phi) is 23.0. The quantitative estimate of drug-likeness (QED) is 0.0532. The molecule has 4 N–H and O–H groups in total. The van der Waals surface area contributed by atoms with Crippen molar-refractivity contribution in [2.24, 2.45) is 0 Å². The third-order valence-electron chi connectivity index (χ3n) is 14.5. The molecule has 0 bridgehead atoms. The summed E-state index contributed by atoms with van der Waals surface area (Å²) in [6.07, 6.45) is -8.14. The maximum atomic E-state index is 14.2. The lowest BCUT2D eigenvalue weighted by molar-refractivity contribution is -0.186. The van der Waals surface area contributed by atoms with Gasteiger partial charge in [0.2, 0.25) is 23.6 Å². The van der Waals surface area contributed by atoms with E-state index in [9.17, 15) is 55.1 Å². The number of hydrogen-bond acceptors (Lipinski definition) is 10. The highest BCUT2D eigenvalue weighted by Crippen LogP contribution is 2.27. The van der Waals surface area contributed by atoms with Crippen molar-refractivity contribution in [2.45, 2.75) is 114 Å². The number of alkyl halides is 6. The van der Waals surface area contributed by atoms with E-state index in [0.29, 0.717) is 25.7 Å². The first-order chi connectivity index (χ1) is 38.2. The number of hydrogen-bond donors (Lipinski definition) is 4. The topological polar surface area (TPSA) is 182 Å². The molecule has 0 spiro atoms. The molecule has 6 atom stereocenters. The minimum Gasteiger partial charge on any atom is -0.374 e. The largest absolute Gasteiger partial charge is 0.471 e. The number of benzene rings is 4. The number of carbonyl (C=O) groups is 6. The number of halogens is 6. The van der Waals surface area contributed by atoms with E-state index < -0.39 is 84.0 Å². The van der Waals surface area contributed by atoms with Crippen LogP contribution >= 0.6 is 0 Å². The molecule has 22 heteroatoms. The minimum absolute atomic E-state index is 0.0513. The second-order valence-corrected chi connectivity index (χ2v) is 20.2. The molecule has 6 amide bonds. The summed E-state index contributed by atoms with van der Waals surface area (Å²) in [6, 6.07) is 27.4. The van der Waals surface area contributed by atoms with Gasteiger partial charge in [-0.15, -0.1) is 0 Å². The van der Waals surface area contributed by atoms with Gasteiger partial charge in [-0.2, -0.15) is 26.3 Å². The maximum Gasteiger partial charge on any atom is 0.471 e. The van der Waals surface area contributed by atoms with Crippen molar-refractivity contribution in [2.75, 3.05) is 66.6 Å². The van der Waals surface area contributed by atoms with E-state index in [1.54, 1.807) is 88.6 Å². The van der Waals surface area contributed by atoms with Crippen LogP contribution in [0, 0.1) is 0 Å². The van der Waals surface area contributed by atoms with Crippen molar-refractivity contribution in [1.29, 1.82) is 0 Å². The van der Waals surface area contributed by atoms with Gasteiger partial charge < -0.3 is 50.3 Å². The molecule has 4 aromatic rings. The molecule has 80 heavy (non-hydrogen) atoms. The molecule has 0 unspecified atom stereocenters. The Balaban J connectivity index is 1.05. The Morgan fingerprint density at radius 1 is 0.537 bits per heavy atom. The summed E-state index contributed by atoms with van der Waals surface area (Å²) < 4.78 is 94.9. The van der Waals surface area contributed by atoms with Crippen LogP contribution in [0.3, 0.4) is 0 Å². The highest BCUT2D eigenvalue weighted by Gasteiger charge is 2.46. The summed E-state index contributed by atoms with van der Waals surface area (Å²) in [5, 5.41) is 11.1. The van der Waals surface area contributed by atoms with Crippen LogP contribution < -0.4 is 21.3 Å². The van der Waals surface area contributed by atoms with Crippen LogP contribution in [-0.2, 0) is 64.3 Å². The Hall–Kier alpha value is -6.88. The van der Waals surface area contributed by atoms with Gasteiger partial charge in [0.1, 0.15) is 12.1 Å². The number of likely N-dealkylation sites (tertiary alicyclic amines) is 2. The van der Waals surface area contributed by atoms with Crippen LogP contribution in [0.15, 0.2) is 109 Å². The second-order valence-electron chi connectivity index (χ2n) is 20.2. The fraction of sp³-hybridized carbons (Fsp3) is 0.483. The summed E-state index contributed by atoms with van der Waals surface area (Å²) >= 11 is 0. The van der Waals surface area contributed by atoms with Crippen molar-refractivity contribution in [1.82, 2.24) is 40.9 Å². The van der Waals surface area contributed by atoms with E-state index in [0.717, 1.165) is 43.2 Å². The van der Waals surface area contributed by atoms with E-state index in [2.05, 4.69) is 21.3 Å². The number of ether oxygens (including phenoxy) is 2. The molecular weight excluding hydrogens is 1050 g/mol. The first-order valence-electron chi connectivity index (χ1n) is 26.9. The van der Waals surface area contributed by atoms with Crippen molar-refractivity contribution in [3.05, 3.63) is 131 Å². The Morgan fingerprint density at radius 2 is 0.887 bits per heavy atom. The lowest BCUT2D eigenvalue weighted by atomic mass is 10.0.